The summed E-state index contributed by atoms with van der Waals surface area (Å²) in [4.78, 5) is 47.6. The van der Waals surface area contributed by atoms with E-state index in [9.17, 15) is 29.4 Å². The van der Waals surface area contributed by atoms with Crippen LogP contribution in [0.25, 0.3) is 0 Å². The van der Waals surface area contributed by atoms with Gasteiger partial charge in [0, 0.05) is 0 Å². The van der Waals surface area contributed by atoms with Gasteiger partial charge in [-0.3, -0.25) is 0 Å². The molecule has 0 saturated carbocycles. The van der Waals surface area contributed by atoms with Crippen LogP contribution in [0.15, 0.2) is 48.5 Å². The highest BCUT2D eigenvalue weighted by Crippen LogP contribution is 2.17. The molecule has 0 aliphatic carbocycles. The SMILES string of the molecule is COc1ccc(C(=O)OC(C(=O)O)[C@@H](OC(=O)c2ccc(OC)cc2)C(=O)O)cc1. The number of esters is 2. The molecular formula is C20H18O10. The Balaban J connectivity index is 2.19. The molecule has 0 aliphatic rings. The van der Waals surface area contributed by atoms with Crippen molar-refractivity contribution in [3.05, 3.63) is 59.7 Å². The molecule has 0 fully saturated rings. The van der Waals surface area contributed by atoms with Crippen molar-refractivity contribution in [3.8, 4) is 11.5 Å². The van der Waals surface area contributed by atoms with Crippen molar-refractivity contribution in [1.82, 2.24) is 0 Å². The lowest BCUT2D eigenvalue weighted by Crippen LogP contribution is -2.45. The maximum absolute atomic E-state index is 12.2. The summed E-state index contributed by atoms with van der Waals surface area (Å²) in [5.41, 5.74) is -0.0969. The van der Waals surface area contributed by atoms with E-state index in [1.54, 1.807) is 0 Å². The summed E-state index contributed by atoms with van der Waals surface area (Å²) in [6, 6.07) is 11.0. The average molecular weight is 418 g/mol. The zero-order chi connectivity index (χ0) is 22.3. The van der Waals surface area contributed by atoms with E-state index in [0.29, 0.717) is 11.5 Å². The van der Waals surface area contributed by atoms with Crippen LogP contribution in [0.1, 0.15) is 20.7 Å². The number of ether oxygens (including phenoxy) is 4. The molecule has 10 heteroatoms. The summed E-state index contributed by atoms with van der Waals surface area (Å²) in [5, 5.41) is 18.7. The van der Waals surface area contributed by atoms with Crippen LogP contribution >= 0.6 is 0 Å². The average Bonchev–Trinajstić information content (AvgIpc) is 2.75. The number of carbonyl (C=O) groups is 4. The van der Waals surface area contributed by atoms with Gasteiger partial charge in [0.25, 0.3) is 0 Å². The summed E-state index contributed by atoms with van der Waals surface area (Å²) in [7, 11) is 2.84. The summed E-state index contributed by atoms with van der Waals surface area (Å²) >= 11 is 0. The number of benzene rings is 2. The van der Waals surface area contributed by atoms with E-state index in [2.05, 4.69) is 0 Å². The van der Waals surface area contributed by atoms with Crippen molar-refractivity contribution in [2.75, 3.05) is 14.2 Å². The minimum Gasteiger partial charge on any atom is -0.497 e. The van der Waals surface area contributed by atoms with Gasteiger partial charge in [0.2, 0.25) is 12.2 Å². The maximum Gasteiger partial charge on any atom is 0.349 e. The Morgan fingerprint density at radius 1 is 0.633 bits per heavy atom. The first-order valence-electron chi connectivity index (χ1n) is 8.42. The van der Waals surface area contributed by atoms with Crippen molar-refractivity contribution in [2.45, 2.75) is 12.2 Å². The van der Waals surface area contributed by atoms with E-state index in [1.165, 1.54) is 62.8 Å². The van der Waals surface area contributed by atoms with Crippen molar-refractivity contribution in [2.24, 2.45) is 0 Å². The molecule has 0 heterocycles. The Morgan fingerprint density at radius 3 is 1.17 bits per heavy atom. The first-order valence-corrected chi connectivity index (χ1v) is 8.42. The molecule has 0 spiro atoms. The summed E-state index contributed by atoms with van der Waals surface area (Å²) in [5.74, 6) is -4.94. The predicted molar refractivity (Wildman–Crippen MR) is 99.7 cm³/mol. The Labute approximate surface area is 170 Å². The number of aliphatic carboxylic acids is 2. The zero-order valence-corrected chi connectivity index (χ0v) is 15.9. The third-order valence-corrected chi connectivity index (χ3v) is 3.88. The molecule has 0 aliphatic heterocycles. The molecule has 0 amide bonds. The van der Waals surface area contributed by atoms with Gasteiger partial charge in [-0.1, -0.05) is 0 Å². The lowest BCUT2D eigenvalue weighted by molar-refractivity contribution is -0.166. The molecule has 10 nitrogen and oxygen atoms in total. The van der Waals surface area contributed by atoms with E-state index in [1.807, 2.05) is 0 Å². The Kier molecular flexibility index (Phi) is 7.34. The third-order valence-electron chi connectivity index (χ3n) is 3.88. The number of hydrogen-bond donors (Lipinski definition) is 2. The van der Waals surface area contributed by atoms with Crippen molar-refractivity contribution in [3.63, 3.8) is 0 Å². The van der Waals surface area contributed by atoms with E-state index in [0.717, 1.165) is 0 Å². The van der Waals surface area contributed by atoms with E-state index in [-0.39, 0.29) is 11.1 Å². The number of carbonyl (C=O) groups excluding carboxylic acids is 2. The van der Waals surface area contributed by atoms with Crippen LogP contribution in [-0.2, 0) is 19.1 Å². The van der Waals surface area contributed by atoms with Crippen LogP contribution < -0.4 is 9.47 Å². The van der Waals surface area contributed by atoms with E-state index >= 15 is 0 Å². The van der Waals surface area contributed by atoms with Gasteiger partial charge in [-0.25, -0.2) is 19.2 Å². The standard InChI is InChI=1S/C20H18O10/c1-27-13-7-3-11(4-8-13)19(25)29-15(17(21)22)16(18(23)24)30-20(26)12-5-9-14(28-2)10-6-12/h3-10,15-16H,1-2H3,(H,21,22)(H,23,24)/t15-,16?/m1/s1. The Morgan fingerprint density at radius 2 is 0.933 bits per heavy atom. The molecule has 2 atom stereocenters. The fraction of sp³-hybridized carbons (Fsp3) is 0.200. The topological polar surface area (TPSA) is 146 Å². The second-order valence-electron chi connectivity index (χ2n) is 5.79. The Bertz CT molecular complexity index is 840. The van der Waals surface area contributed by atoms with Gasteiger partial charge in [-0.15, -0.1) is 0 Å². The fourth-order valence-corrected chi connectivity index (χ4v) is 2.30. The molecule has 2 N–H and O–H groups in total. The third kappa shape index (κ3) is 5.47. The largest absolute Gasteiger partial charge is 0.497 e. The molecule has 158 valence electrons. The second kappa shape index (κ2) is 9.92. The van der Waals surface area contributed by atoms with Crippen molar-refractivity contribution >= 4 is 23.9 Å². The van der Waals surface area contributed by atoms with Gasteiger partial charge in [0.05, 0.1) is 25.3 Å². The quantitative estimate of drug-likeness (QED) is 0.576. The number of hydrogen-bond acceptors (Lipinski definition) is 8. The number of carboxylic acids is 2. The zero-order valence-electron chi connectivity index (χ0n) is 15.9. The molecule has 0 bridgehead atoms. The number of rotatable bonds is 9. The fourth-order valence-electron chi connectivity index (χ4n) is 2.30. The molecule has 2 aromatic rings. The minimum absolute atomic E-state index is 0.0485. The molecule has 0 saturated heterocycles. The van der Waals surface area contributed by atoms with Crippen molar-refractivity contribution < 1.29 is 48.3 Å². The van der Waals surface area contributed by atoms with Gasteiger partial charge in [-0.2, -0.15) is 0 Å². The van der Waals surface area contributed by atoms with Crippen LogP contribution in [0.4, 0.5) is 0 Å². The van der Waals surface area contributed by atoms with Crippen LogP contribution in [0.5, 0.6) is 11.5 Å². The number of carboxylic acid groups (broad SMARTS) is 2. The predicted octanol–water partition coefficient (Wildman–Crippen LogP) is 1.62. The van der Waals surface area contributed by atoms with Gasteiger partial charge in [-0.05, 0) is 48.5 Å². The van der Waals surface area contributed by atoms with Crippen LogP contribution in [0.2, 0.25) is 0 Å². The molecule has 30 heavy (non-hydrogen) atoms. The van der Waals surface area contributed by atoms with Gasteiger partial charge in [0.15, 0.2) is 0 Å². The highest BCUT2D eigenvalue weighted by molar-refractivity contribution is 5.95. The molecule has 2 rings (SSSR count). The minimum atomic E-state index is -2.28. The smallest absolute Gasteiger partial charge is 0.349 e. The van der Waals surface area contributed by atoms with Gasteiger partial charge >= 0.3 is 23.9 Å². The lowest BCUT2D eigenvalue weighted by atomic mass is 10.1. The van der Waals surface area contributed by atoms with Crippen LogP contribution in [-0.4, -0.2) is 60.5 Å². The van der Waals surface area contributed by atoms with E-state index < -0.39 is 36.1 Å². The molecule has 2 aromatic carbocycles. The van der Waals surface area contributed by atoms with E-state index in [4.69, 9.17) is 18.9 Å². The monoisotopic (exact) mass is 418 g/mol. The summed E-state index contributed by atoms with van der Waals surface area (Å²) < 4.78 is 19.5. The van der Waals surface area contributed by atoms with Crippen LogP contribution in [0.3, 0.4) is 0 Å². The lowest BCUT2D eigenvalue weighted by Gasteiger charge is -2.21. The van der Waals surface area contributed by atoms with Crippen molar-refractivity contribution in [1.29, 1.82) is 0 Å². The number of methoxy groups -OCH3 is 2. The summed E-state index contributed by atoms with van der Waals surface area (Å²) in [6.07, 6.45) is -4.56. The Hall–Kier alpha value is -4.08. The first-order chi connectivity index (χ1) is 14.3. The van der Waals surface area contributed by atoms with Crippen LogP contribution in [0, 0.1) is 0 Å². The normalized spacial score (nSPS) is 12.2. The highest BCUT2D eigenvalue weighted by atomic mass is 16.6. The highest BCUT2D eigenvalue weighted by Gasteiger charge is 2.41. The second-order valence-corrected chi connectivity index (χ2v) is 5.79. The first kappa shape index (κ1) is 22.2. The van der Waals surface area contributed by atoms with Gasteiger partial charge in [0.1, 0.15) is 11.5 Å². The molecule has 1 unspecified atom stereocenters. The van der Waals surface area contributed by atoms with Gasteiger partial charge < -0.3 is 29.2 Å². The molecular weight excluding hydrogens is 400 g/mol. The summed E-state index contributed by atoms with van der Waals surface area (Å²) in [6.45, 7) is 0. The molecule has 0 aromatic heterocycles. The molecule has 0 radical (unpaired) electrons. The maximum atomic E-state index is 12.2.